The number of hydrogen-bond acceptors (Lipinski definition) is 6. The van der Waals surface area contributed by atoms with E-state index in [2.05, 4.69) is 20.3 Å². The van der Waals surface area contributed by atoms with Gasteiger partial charge >= 0.3 is 0 Å². The molecule has 1 N–H and O–H groups in total. The first-order chi connectivity index (χ1) is 13.8. The maximum atomic E-state index is 12.5. The van der Waals surface area contributed by atoms with Crippen LogP contribution < -0.4 is 10.1 Å². The highest BCUT2D eigenvalue weighted by Crippen LogP contribution is 2.26. The van der Waals surface area contributed by atoms with Gasteiger partial charge in [0, 0.05) is 31.4 Å². The zero-order valence-electron chi connectivity index (χ0n) is 15.4. The molecule has 7 nitrogen and oxygen atoms in total. The number of aromatic nitrogens is 3. The zero-order chi connectivity index (χ0) is 19.2. The fraction of sp³-hybridized carbons (Fsp3) is 0.238. The maximum absolute atomic E-state index is 12.5. The molecule has 0 saturated carbocycles. The van der Waals surface area contributed by atoms with Crippen LogP contribution >= 0.6 is 0 Å². The highest BCUT2D eigenvalue weighted by molar-refractivity contribution is 5.78. The summed E-state index contributed by atoms with van der Waals surface area (Å²) in [5, 5.41) is 3.11. The van der Waals surface area contributed by atoms with Crippen molar-refractivity contribution >= 4 is 17.7 Å². The van der Waals surface area contributed by atoms with Crippen LogP contribution in [-0.4, -0.2) is 45.5 Å². The van der Waals surface area contributed by atoms with Crippen LogP contribution in [0.1, 0.15) is 18.0 Å². The molecular formula is C21H21N5O2. The first-order valence-electron chi connectivity index (χ1n) is 9.24. The molecule has 0 aliphatic carbocycles. The van der Waals surface area contributed by atoms with Crippen molar-refractivity contribution in [2.45, 2.75) is 12.3 Å². The number of pyridine rings is 1. The molecule has 4 rings (SSSR count). The molecule has 3 aromatic rings. The number of nitrogens with zero attached hydrogens (tertiary/aromatic N) is 4. The van der Waals surface area contributed by atoms with Gasteiger partial charge in [-0.2, -0.15) is 0 Å². The Kier molecular flexibility index (Phi) is 5.42. The molecule has 0 spiro atoms. The van der Waals surface area contributed by atoms with Gasteiger partial charge in [0.15, 0.2) is 6.61 Å². The molecule has 1 aromatic carbocycles. The Morgan fingerprint density at radius 3 is 2.75 bits per heavy atom. The van der Waals surface area contributed by atoms with E-state index >= 15 is 0 Å². The van der Waals surface area contributed by atoms with Gasteiger partial charge in [-0.05, 0) is 36.8 Å². The summed E-state index contributed by atoms with van der Waals surface area (Å²) in [7, 11) is 0. The van der Waals surface area contributed by atoms with E-state index in [1.165, 1.54) is 0 Å². The lowest BCUT2D eigenvalue weighted by Crippen LogP contribution is -2.32. The van der Waals surface area contributed by atoms with Crippen LogP contribution in [0.5, 0.6) is 5.75 Å². The number of hydrogen-bond donors (Lipinski definition) is 1. The Labute approximate surface area is 163 Å². The van der Waals surface area contributed by atoms with Crippen molar-refractivity contribution in [2.24, 2.45) is 0 Å². The second kappa shape index (κ2) is 8.47. The number of rotatable bonds is 6. The highest BCUT2D eigenvalue weighted by atomic mass is 16.5. The quantitative estimate of drug-likeness (QED) is 0.713. The SMILES string of the molecule is O=C(COc1ccccc1)N1CCC(c2ccnc(Nc3ccccn3)n2)C1. The smallest absolute Gasteiger partial charge is 0.260 e. The van der Waals surface area contributed by atoms with Crippen molar-refractivity contribution in [1.82, 2.24) is 19.9 Å². The number of nitrogens with one attached hydrogen (secondary N) is 1. The van der Waals surface area contributed by atoms with E-state index in [9.17, 15) is 4.79 Å². The summed E-state index contributed by atoms with van der Waals surface area (Å²) < 4.78 is 5.57. The summed E-state index contributed by atoms with van der Waals surface area (Å²) >= 11 is 0. The predicted octanol–water partition coefficient (Wildman–Crippen LogP) is 3.01. The summed E-state index contributed by atoms with van der Waals surface area (Å²) in [5.74, 6) is 2.09. The molecule has 0 bridgehead atoms. The fourth-order valence-corrected chi connectivity index (χ4v) is 3.19. The Hall–Kier alpha value is -3.48. The number of para-hydroxylation sites is 1. The summed E-state index contributed by atoms with van der Waals surface area (Å²) in [6, 6.07) is 16.9. The molecule has 7 heteroatoms. The minimum atomic E-state index is -0.00718. The van der Waals surface area contributed by atoms with Gasteiger partial charge in [-0.25, -0.2) is 15.0 Å². The Balaban J connectivity index is 1.34. The molecule has 142 valence electrons. The van der Waals surface area contributed by atoms with Gasteiger partial charge in [-0.1, -0.05) is 24.3 Å². The monoisotopic (exact) mass is 375 g/mol. The molecule has 2 aromatic heterocycles. The average molecular weight is 375 g/mol. The maximum Gasteiger partial charge on any atom is 0.260 e. The Morgan fingerprint density at radius 2 is 1.93 bits per heavy atom. The third-order valence-electron chi connectivity index (χ3n) is 4.65. The summed E-state index contributed by atoms with van der Waals surface area (Å²) in [5.41, 5.74) is 0.924. The van der Waals surface area contributed by atoms with E-state index in [1.54, 1.807) is 12.4 Å². The van der Waals surface area contributed by atoms with E-state index in [0.717, 1.165) is 12.1 Å². The van der Waals surface area contributed by atoms with Gasteiger partial charge in [-0.15, -0.1) is 0 Å². The summed E-state index contributed by atoms with van der Waals surface area (Å²) in [4.78, 5) is 27.4. The number of carbonyl (C=O) groups is 1. The van der Waals surface area contributed by atoms with Crippen molar-refractivity contribution in [3.8, 4) is 5.75 Å². The number of amides is 1. The predicted molar refractivity (Wildman–Crippen MR) is 105 cm³/mol. The molecule has 1 saturated heterocycles. The second-order valence-electron chi connectivity index (χ2n) is 6.57. The topological polar surface area (TPSA) is 80.2 Å². The lowest BCUT2D eigenvalue weighted by molar-refractivity contribution is -0.132. The molecule has 0 radical (unpaired) electrons. The van der Waals surface area contributed by atoms with Crippen LogP contribution in [0.3, 0.4) is 0 Å². The van der Waals surface area contributed by atoms with Gasteiger partial charge in [0.2, 0.25) is 5.95 Å². The van der Waals surface area contributed by atoms with E-state index in [4.69, 9.17) is 4.74 Å². The van der Waals surface area contributed by atoms with Crippen LogP contribution in [0.25, 0.3) is 0 Å². The lowest BCUT2D eigenvalue weighted by atomic mass is 10.1. The molecular weight excluding hydrogens is 354 g/mol. The second-order valence-corrected chi connectivity index (χ2v) is 6.57. The summed E-state index contributed by atoms with van der Waals surface area (Å²) in [6.45, 7) is 1.39. The van der Waals surface area contributed by atoms with E-state index in [1.807, 2.05) is 59.5 Å². The van der Waals surface area contributed by atoms with Crippen molar-refractivity contribution in [3.63, 3.8) is 0 Å². The van der Waals surface area contributed by atoms with Crippen LogP contribution in [0.4, 0.5) is 11.8 Å². The molecule has 1 fully saturated rings. The normalized spacial score (nSPS) is 16.0. The molecule has 28 heavy (non-hydrogen) atoms. The van der Waals surface area contributed by atoms with E-state index in [0.29, 0.717) is 30.6 Å². The largest absolute Gasteiger partial charge is 0.484 e. The zero-order valence-corrected chi connectivity index (χ0v) is 15.4. The Bertz CT molecular complexity index is 920. The standard InChI is InChI=1S/C21H21N5O2/c27-20(15-28-17-6-2-1-3-7-17)26-13-10-16(14-26)18-9-12-23-21(24-18)25-19-8-4-5-11-22-19/h1-9,11-12,16H,10,13-15H2,(H,22,23,24,25). The molecule has 1 aliphatic heterocycles. The van der Waals surface area contributed by atoms with Crippen LogP contribution in [0.15, 0.2) is 67.0 Å². The van der Waals surface area contributed by atoms with Crippen LogP contribution in [0.2, 0.25) is 0 Å². The Morgan fingerprint density at radius 1 is 1.07 bits per heavy atom. The van der Waals surface area contributed by atoms with E-state index < -0.39 is 0 Å². The number of anilines is 2. The molecule has 3 heterocycles. The van der Waals surface area contributed by atoms with Crippen molar-refractivity contribution in [2.75, 3.05) is 25.0 Å². The molecule has 1 aliphatic rings. The lowest BCUT2D eigenvalue weighted by Gasteiger charge is -2.17. The minimum absolute atomic E-state index is 0.00718. The van der Waals surface area contributed by atoms with Crippen molar-refractivity contribution in [1.29, 1.82) is 0 Å². The molecule has 1 amide bonds. The first kappa shape index (κ1) is 17.9. The van der Waals surface area contributed by atoms with Crippen LogP contribution in [0, 0.1) is 0 Å². The van der Waals surface area contributed by atoms with Gasteiger partial charge in [0.25, 0.3) is 5.91 Å². The van der Waals surface area contributed by atoms with Gasteiger partial charge in [-0.3, -0.25) is 4.79 Å². The molecule has 1 unspecified atom stereocenters. The fourth-order valence-electron chi connectivity index (χ4n) is 3.19. The van der Waals surface area contributed by atoms with Crippen LogP contribution in [-0.2, 0) is 4.79 Å². The number of carbonyl (C=O) groups excluding carboxylic acids is 1. The van der Waals surface area contributed by atoms with Gasteiger partial charge < -0.3 is 15.0 Å². The third kappa shape index (κ3) is 4.43. The number of ether oxygens (including phenoxy) is 1. The number of likely N-dealkylation sites (tertiary alicyclic amines) is 1. The van der Waals surface area contributed by atoms with Crippen molar-refractivity contribution in [3.05, 3.63) is 72.7 Å². The van der Waals surface area contributed by atoms with Crippen molar-refractivity contribution < 1.29 is 9.53 Å². The number of benzene rings is 1. The van der Waals surface area contributed by atoms with Gasteiger partial charge in [0.1, 0.15) is 11.6 Å². The first-order valence-corrected chi connectivity index (χ1v) is 9.24. The van der Waals surface area contributed by atoms with E-state index in [-0.39, 0.29) is 18.4 Å². The van der Waals surface area contributed by atoms with Gasteiger partial charge in [0.05, 0.1) is 5.69 Å². The third-order valence-corrected chi connectivity index (χ3v) is 4.65. The minimum Gasteiger partial charge on any atom is -0.484 e. The molecule has 1 atom stereocenters. The average Bonchev–Trinajstić information content (AvgIpc) is 3.24. The summed E-state index contributed by atoms with van der Waals surface area (Å²) in [6.07, 6.45) is 4.32. The highest BCUT2D eigenvalue weighted by Gasteiger charge is 2.28.